The number of para-hydroxylation sites is 1. The van der Waals surface area contributed by atoms with E-state index in [0.717, 1.165) is 6.08 Å². The van der Waals surface area contributed by atoms with Gasteiger partial charge in [-0.25, -0.2) is 4.79 Å². The highest BCUT2D eigenvalue weighted by Crippen LogP contribution is 2.30. The number of ether oxygens (including phenoxy) is 1. The standard InChI is InChI=1S/C10H9NO4/c1-3-9(12)15-8-6-4-5-7(2)10(8)11(13)14/h3-6H,1H2,2H3. The Morgan fingerprint density at radius 3 is 2.80 bits per heavy atom. The van der Waals surface area contributed by atoms with Gasteiger partial charge in [0.05, 0.1) is 4.92 Å². The predicted molar refractivity (Wildman–Crippen MR) is 53.7 cm³/mol. The van der Waals surface area contributed by atoms with Crippen LogP contribution in [0.3, 0.4) is 0 Å². The van der Waals surface area contributed by atoms with Crippen LogP contribution in [0.2, 0.25) is 0 Å². The molecule has 0 saturated heterocycles. The molecule has 15 heavy (non-hydrogen) atoms. The Bertz CT molecular complexity index is 425. The number of hydrogen-bond acceptors (Lipinski definition) is 4. The number of nitro groups is 1. The molecule has 1 rings (SSSR count). The van der Waals surface area contributed by atoms with Crippen molar-refractivity contribution in [2.24, 2.45) is 0 Å². The second-order valence-corrected chi connectivity index (χ2v) is 2.80. The minimum atomic E-state index is -0.719. The van der Waals surface area contributed by atoms with Gasteiger partial charge in [-0.2, -0.15) is 0 Å². The average molecular weight is 207 g/mol. The van der Waals surface area contributed by atoms with Crippen LogP contribution < -0.4 is 4.74 Å². The summed E-state index contributed by atoms with van der Waals surface area (Å²) in [5, 5.41) is 10.7. The number of esters is 1. The largest absolute Gasteiger partial charge is 0.416 e. The highest BCUT2D eigenvalue weighted by atomic mass is 16.6. The third-order valence-corrected chi connectivity index (χ3v) is 1.76. The minimum Gasteiger partial charge on any atom is -0.416 e. The number of rotatable bonds is 3. The molecule has 0 aromatic heterocycles. The molecule has 0 saturated carbocycles. The molecule has 0 atom stereocenters. The zero-order valence-electron chi connectivity index (χ0n) is 8.10. The summed E-state index contributed by atoms with van der Waals surface area (Å²) >= 11 is 0. The van der Waals surface area contributed by atoms with Crippen molar-refractivity contribution in [3.63, 3.8) is 0 Å². The van der Waals surface area contributed by atoms with Gasteiger partial charge in [0, 0.05) is 11.6 Å². The second kappa shape index (κ2) is 4.36. The van der Waals surface area contributed by atoms with E-state index in [9.17, 15) is 14.9 Å². The summed E-state index contributed by atoms with van der Waals surface area (Å²) in [5.74, 6) is -0.784. The first kappa shape index (κ1) is 10.9. The fourth-order valence-corrected chi connectivity index (χ4v) is 1.10. The monoisotopic (exact) mass is 207 g/mol. The van der Waals surface area contributed by atoms with Crippen LogP contribution in [0.15, 0.2) is 30.9 Å². The molecule has 0 amide bonds. The highest BCUT2D eigenvalue weighted by molar-refractivity contribution is 5.84. The zero-order chi connectivity index (χ0) is 11.4. The van der Waals surface area contributed by atoms with Gasteiger partial charge in [0.15, 0.2) is 0 Å². The van der Waals surface area contributed by atoms with Crippen LogP contribution in [0.25, 0.3) is 0 Å². The van der Waals surface area contributed by atoms with E-state index in [1.54, 1.807) is 19.1 Å². The van der Waals surface area contributed by atoms with E-state index in [1.165, 1.54) is 6.07 Å². The molecule has 0 aliphatic heterocycles. The lowest BCUT2D eigenvalue weighted by Gasteiger charge is -2.03. The summed E-state index contributed by atoms with van der Waals surface area (Å²) < 4.78 is 4.74. The molecule has 0 heterocycles. The predicted octanol–water partition coefficient (Wildman–Crippen LogP) is 1.99. The third kappa shape index (κ3) is 2.40. The quantitative estimate of drug-likeness (QED) is 0.250. The number of carbonyl (C=O) groups is 1. The number of hydrogen-bond donors (Lipinski definition) is 0. The summed E-state index contributed by atoms with van der Waals surface area (Å²) in [7, 11) is 0. The molecular formula is C10H9NO4. The Morgan fingerprint density at radius 1 is 1.60 bits per heavy atom. The van der Waals surface area contributed by atoms with E-state index in [1.807, 2.05) is 0 Å². The Hall–Kier alpha value is -2.17. The zero-order valence-corrected chi connectivity index (χ0v) is 8.10. The lowest BCUT2D eigenvalue weighted by Crippen LogP contribution is -2.06. The van der Waals surface area contributed by atoms with Crippen molar-refractivity contribution in [2.45, 2.75) is 6.92 Å². The molecular weight excluding hydrogens is 198 g/mol. The van der Waals surface area contributed by atoms with Crippen LogP contribution in [0.1, 0.15) is 5.56 Å². The summed E-state index contributed by atoms with van der Waals surface area (Å²) in [5.41, 5.74) is 0.238. The van der Waals surface area contributed by atoms with Gasteiger partial charge in [0.25, 0.3) is 0 Å². The van der Waals surface area contributed by atoms with Gasteiger partial charge in [-0.1, -0.05) is 18.7 Å². The number of benzene rings is 1. The third-order valence-electron chi connectivity index (χ3n) is 1.76. The van der Waals surface area contributed by atoms with Crippen molar-refractivity contribution in [1.82, 2.24) is 0 Å². The Kier molecular flexibility index (Phi) is 3.17. The number of aryl methyl sites for hydroxylation is 1. The first-order valence-corrected chi connectivity index (χ1v) is 4.14. The normalized spacial score (nSPS) is 9.40. The molecule has 0 bridgehead atoms. The molecule has 0 spiro atoms. The van der Waals surface area contributed by atoms with E-state index in [2.05, 4.69) is 6.58 Å². The van der Waals surface area contributed by atoms with Crippen molar-refractivity contribution in [1.29, 1.82) is 0 Å². The molecule has 0 fully saturated rings. The lowest BCUT2D eigenvalue weighted by atomic mass is 10.2. The van der Waals surface area contributed by atoms with Gasteiger partial charge < -0.3 is 4.74 Å². The Balaban J connectivity index is 3.17. The van der Waals surface area contributed by atoms with E-state index in [4.69, 9.17) is 4.74 Å². The van der Waals surface area contributed by atoms with Crippen molar-refractivity contribution in [3.8, 4) is 5.75 Å². The van der Waals surface area contributed by atoms with Crippen molar-refractivity contribution in [3.05, 3.63) is 46.5 Å². The molecule has 0 aliphatic carbocycles. The van der Waals surface area contributed by atoms with Crippen LogP contribution >= 0.6 is 0 Å². The van der Waals surface area contributed by atoms with Gasteiger partial charge >= 0.3 is 11.7 Å². The average Bonchev–Trinajstić information content (AvgIpc) is 2.17. The summed E-state index contributed by atoms with van der Waals surface area (Å²) in [4.78, 5) is 21.0. The molecule has 5 heteroatoms. The fourth-order valence-electron chi connectivity index (χ4n) is 1.10. The summed E-state index contributed by atoms with van der Waals surface area (Å²) in [6.07, 6.45) is 0.950. The van der Waals surface area contributed by atoms with Crippen LogP contribution in [0.4, 0.5) is 5.69 Å². The highest BCUT2D eigenvalue weighted by Gasteiger charge is 2.19. The first-order chi connectivity index (χ1) is 7.06. The molecule has 78 valence electrons. The lowest BCUT2D eigenvalue weighted by molar-refractivity contribution is -0.386. The van der Waals surface area contributed by atoms with Crippen LogP contribution in [-0.4, -0.2) is 10.9 Å². The fraction of sp³-hybridized carbons (Fsp3) is 0.100. The number of nitrogens with zero attached hydrogens (tertiary/aromatic N) is 1. The Labute approximate surface area is 86.1 Å². The molecule has 0 radical (unpaired) electrons. The topological polar surface area (TPSA) is 69.4 Å². The van der Waals surface area contributed by atoms with Crippen molar-refractivity contribution < 1.29 is 14.5 Å². The maximum atomic E-state index is 10.9. The molecule has 0 unspecified atom stereocenters. The van der Waals surface area contributed by atoms with Crippen LogP contribution in [0.5, 0.6) is 5.75 Å². The van der Waals surface area contributed by atoms with Crippen molar-refractivity contribution >= 4 is 11.7 Å². The van der Waals surface area contributed by atoms with Gasteiger partial charge in [-0.3, -0.25) is 10.1 Å². The van der Waals surface area contributed by atoms with Crippen LogP contribution in [0, 0.1) is 17.0 Å². The van der Waals surface area contributed by atoms with Gasteiger partial charge in [0.1, 0.15) is 0 Å². The second-order valence-electron chi connectivity index (χ2n) is 2.80. The van der Waals surface area contributed by atoms with Crippen molar-refractivity contribution in [2.75, 3.05) is 0 Å². The molecule has 5 nitrogen and oxygen atoms in total. The molecule has 1 aromatic rings. The first-order valence-electron chi connectivity index (χ1n) is 4.14. The number of nitro benzene ring substituents is 1. The molecule has 0 aliphatic rings. The SMILES string of the molecule is C=CC(=O)Oc1cccc(C)c1[N+](=O)[O-]. The van der Waals surface area contributed by atoms with E-state index in [0.29, 0.717) is 5.56 Å². The van der Waals surface area contributed by atoms with Gasteiger partial charge in [0.2, 0.25) is 5.75 Å². The van der Waals surface area contributed by atoms with Crippen LogP contribution in [-0.2, 0) is 4.79 Å². The maximum absolute atomic E-state index is 10.9. The minimum absolute atomic E-state index is 0.0649. The summed E-state index contributed by atoms with van der Waals surface area (Å²) in [6, 6.07) is 4.52. The van der Waals surface area contributed by atoms with E-state index < -0.39 is 10.9 Å². The maximum Gasteiger partial charge on any atom is 0.335 e. The van der Waals surface area contributed by atoms with Gasteiger partial charge in [-0.15, -0.1) is 0 Å². The molecule has 1 aromatic carbocycles. The van der Waals surface area contributed by atoms with Gasteiger partial charge in [-0.05, 0) is 13.0 Å². The smallest absolute Gasteiger partial charge is 0.335 e. The van der Waals surface area contributed by atoms with E-state index in [-0.39, 0.29) is 11.4 Å². The van der Waals surface area contributed by atoms with E-state index >= 15 is 0 Å². The Morgan fingerprint density at radius 2 is 2.27 bits per heavy atom. The number of carbonyl (C=O) groups excluding carboxylic acids is 1. The molecule has 0 N–H and O–H groups in total. The summed E-state index contributed by atoms with van der Waals surface area (Å²) in [6.45, 7) is 4.78.